The Labute approximate surface area is 242 Å². The number of fused-ring (bicyclic) bond motifs is 1. The molecule has 3 aromatic carbocycles. The molecule has 1 aliphatic heterocycles. The Hall–Kier alpha value is -4.10. The molecule has 1 aromatic heterocycles. The van der Waals surface area contributed by atoms with Gasteiger partial charge in [-0.15, -0.1) is 0 Å². The number of carbonyl (C=O) groups excluding carboxylic acids is 2. The van der Waals surface area contributed by atoms with Gasteiger partial charge in [-0.25, -0.2) is 4.79 Å². The van der Waals surface area contributed by atoms with Crippen LogP contribution in [-0.2, 0) is 11.3 Å². The van der Waals surface area contributed by atoms with Crippen molar-refractivity contribution in [2.45, 2.75) is 51.1 Å². The van der Waals surface area contributed by atoms with Crippen molar-refractivity contribution in [2.75, 3.05) is 32.5 Å². The number of carbonyl (C=O) groups is 2. The van der Waals surface area contributed by atoms with Crippen molar-refractivity contribution in [3.63, 3.8) is 0 Å². The minimum atomic E-state index is -0.759. The summed E-state index contributed by atoms with van der Waals surface area (Å²) in [5.41, 5.74) is 6.28. The fraction of sp³-hybridized carbons (Fsp3) is 0.353. The summed E-state index contributed by atoms with van der Waals surface area (Å²) in [6.45, 7) is 6.14. The van der Waals surface area contributed by atoms with E-state index in [1.165, 1.54) is 5.56 Å². The molecule has 0 aliphatic carbocycles. The number of hydrogen-bond acceptors (Lipinski definition) is 3. The van der Waals surface area contributed by atoms with Crippen LogP contribution < -0.4 is 10.6 Å². The molecule has 1 saturated heterocycles. The van der Waals surface area contributed by atoms with Gasteiger partial charge in [0.2, 0.25) is 5.91 Å². The fourth-order valence-electron chi connectivity index (χ4n) is 5.97. The number of para-hydroxylation sites is 1. The zero-order valence-corrected chi connectivity index (χ0v) is 24.5. The van der Waals surface area contributed by atoms with Crippen molar-refractivity contribution in [3.8, 4) is 0 Å². The Bertz CT molecular complexity index is 1490. The molecule has 1 aliphatic rings. The number of benzene rings is 3. The third-order valence-corrected chi connectivity index (χ3v) is 8.42. The lowest BCUT2D eigenvalue weighted by Gasteiger charge is -2.34. The summed E-state index contributed by atoms with van der Waals surface area (Å²) in [7, 11) is 4.06. The molecule has 7 nitrogen and oxygen atoms in total. The van der Waals surface area contributed by atoms with Crippen molar-refractivity contribution in [1.29, 1.82) is 0 Å². The number of urea groups is 1. The summed E-state index contributed by atoms with van der Waals surface area (Å²) in [5, 5.41) is 7.34. The second kappa shape index (κ2) is 12.6. The number of nitrogens with one attached hydrogen (secondary N) is 3. The maximum absolute atomic E-state index is 14.0. The fourth-order valence-corrected chi connectivity index (χ4v) is 5.97. The lowest BCUT2D eigenvalue weighted by atomic mass is 9.89. The Morgan fingerprint density at radius 1 is 0.976 bits per heavy atom. The van der Waals surface area contributed by atoms with Crippen LogP contribution in [-0.4, -0.2) is 59.9 Å². The van der Waals surface area contributed by atoms with Crippen LogP contribution in [0.4, 0.5) is 10.5 Å². The normalized spacial score (nSPS) is 15.6. The molecular formula is C34H41N5O2. The second-order valence-corrected chi connectivity index (χ2v) is 11.5. The van der Waals surface area contributed by atoms with E-state index in [1.54, 1.807) is 0 Å². The van der Waals surface area contributed by atoms with Gasteiger partial charge in [-0.3, -0.25) is 4.79 Å². The van der Waals surface area contributed by atoms with E-state index in [0.717, 1.165) is 52.7 Å². The molecule has 2 atom stereocenters. The smallest absolute Gasteiger partial charge is 0.318 e. The van der Waals surface area contributed by atoms with Gasteiger partial charge in [-0.05, 0) is 74.2 Å². The summed E-state index contributed by atoms with van der Waals surface area (Å²) >= 11 is 0. The van der Waals surface area contributed by atoms with E-state index in [9.17, 15) is 9.59 Å². The van der Waals surface area contributed by atoms with E-state index >= 15 is 0 Å². The molecule has 4 aromatic rings. The zero-order chi connectivity index (χ0) is 28.9. The minimum absolute atomic E-state index is 0.193. The molecule has 0 saturated carbocycles. The Morgan fingerprint density at radius 3 is 2.41 bits per heavy atom. The molecule has 0 bridgehead atoms. The molecule has 214 valence electrons. The predicted octanol–water partition coefficient (Wildman–Crippen LogP) is 6.24. The van der Waals surface area contributed by atoms with Gasteiger partial charge in [-0.2, -0.15) is 0 Å². The van der Waals surface area contributed by atoms with Crippen molar-refractivity contribution in [3.05, 3.63) is 101 Å². The first-order chi connectivity index (χ1) is 19.8. The van der Waals surface area contributed by atoms with Crippen LogP contribution in [0.3, 0.4) is 0 Å². The second-order valence-electron chi connectivity index (χ2n) is 11.5. The number of anilines is 1. The number of likely N-dealkylation sites (tertiary alicyclic amines) is 1. The van der Waals surface area contributed by atoms with Gasteiger partial charge in [0.1, 0.15) is 6.04 Å². The minimum Gasteiger partial charge on any atom is -0.361 e. The first-order valence-corrected chi connectivity index (χ1v) is 14.5. The number of aromatic amines is 1. The highest BCUT2D eigenvalue weighted by molar-refractivity contribution is 5.99. The Kier molecular flexibility index (Phi) is 8.74. The monoisotopic (exact) mass is 551 g/mol. The summed E-state index contributed by atoms with van der Waals surface area (Å²) < 4.78 is 0. The van der Waals surface area contributed by atoms with Gasteiger partial charge in [0, 0.05) is 48.3 Å². The van der Waals surface area contributed by atoms with Crippen LogP contribution in [0.15, 0.2) is 79.0 Å². The van der Waals surface area contributed by atoms with Crippen LogP contribution in [0.5, 0.6) is 0 Å². The highest BCUT2D eigenvalue weighted by atomic mass is 16.2. The number of aromatic nitrogens is 1. The van der Waals surface area contributed by atoms with Crippen LogP contribution >= 0.6 is 0 Å². The number of nitrogens with zero attached hydrogens (tertiary/aromatic N) is 2. The van der Waals surface area contributed by atoms with E-state index in [0.29, 0.717) is 19.0 Å². The summed E-state index contributed by atoms with van der Waals surface area (Å²) in [6, 6.07) is 23.6. The van der Waals surface area contributed by atoms with Crippen LogP contribution in [0.25, 0.3) is 10.9 Å². The molecule has 41 heavy (non-hydrogen) atoms. The predicted molar refractivity (Wildman–Crippen MR) is 166 cm³/mol. The SMILES string of the molecule is Cc1c(CN(C)C)cccc1NC(=O)[C@H](NC(=O)N1CCC(c2ccccc2)CC1)[C@H](C)c1c[nH]c2ccccc12. The van der Waals surface area contributed by atoms with Gasteiger partial charge in [0.25, 0.3) is 0 Å². The molecule has 0 spiro atoms. The third kappa shape index (κ3) is 6.46. The highest BCUT2D eigenvalue weighted by Gasteiger charge is 2.33. The van der Waals surface area contributed by atoms with Crippen molar-refractivity contribution < 1.29 is 9.59 Å². The molecule has 1 fully saturated rings. The highest BCUT2D eigenvalue weighted by Crippen LogP contribution is 2.31. The molecule has 0 radical (unpaired) electrons. The maximum Gasteiger partial charge on any atom is 0.318 e. The van der Waals surface area contributed by atoms with E-state index in [2.05, 4.69) is 56.9 Å². The lowest BCUT2D eigenvalue weighted by molar-refractivity contribution is -0.118. The van der Waals surface area contributed by atoms with Gasteiger partial charge in [-0.1, -0.05) is 67.6 Å². The van der Waals surface area contributed by atoms with Gasteiger partial charge in [0.05, 0.1) is 0 Å². The van der Waals surface area contributed by atoms with Crippen molar-refractivity contribution in [2.24, 2.45) is 0 Å². The molecule has 7 heteroatoms. The number of H-pyrrole nitrogens is 1. The van der Waals surface area contributed by atoms with Gasteiger partial charge in [0.15, 0.2) is 0 Å². The molecule has 3 N–H and O–H groups in total. The average Bonchev–Trinajstić information content (AvgIpc) is 3.42. The Balaban J connectivity index is 1.36. The summed E-state index contributed by atoms with van der Waals surface area (Å²) in [5.74, 6) is -0.0375. The number of amides is 3. The standard InChI is InChI=1S/C34H41N5O2/c1-23-27(22-38(3)4)13-10-16-30(23)36-33(40)32(24(2)29-21-35-31-15-9-8-14-28(29)31)37-34(41)39-19-17-26(18-20-39)25-11-6-5-7-12-25/h5-16,21,24,26,32,35H,17-20,22H2,1-4H3,(H,36,40)(H,37,41)/t24-,32-/m1/s1. The third-order valence-electron chi connectivity index (χ3n) is 8.42. The van der Waals surface area contributed by atoms with Crippen LogP contribution in [0.1, 0.15) is 53.9 Å². The molecule has 0 unspecified atom stereocenters. The van der Waals surface area contributed by atoms with Crippen LogP contribution in [0.2, 0.25) is 0 Å². The van der Waals surface area contributed by atoms with Gasteiger partial charge >= 0.3 is 6.03 Å². The molecule has 5 rings (SSSR count). The number of hydrogen-bond donors (Lipinski definition) is 3. The molecule has 2 heterocycles. The van der Waals surface area contributed by atoms with E-state index in [-0.39, 0.29) is 17.9 Å². The largest absolute Gasteiger partial charge is 0.361 e. The molecule has 3 amide bonds. The number of rotatable bonds is 8. The first-order valence-electron chi connectivity index (χ1n) is 14.5. The van der Waals surface area contributed by atoms with Crippen LogP contribution in [0, 0.1) is 6.92 Å². The van der Waals surface area contributed by atoms with E-state index in [1.807, 2.05) is 75.4 Å². The van der Waals surface area contributed by atoms with Crippen molar-refractivity contribution >= 4 is 28.5 Å². The summed E-state index contributed by atoms with van der Waals surface area (Å²) in [4.78, 5) is 34.9. The number of piperidine rings is 1. The van der Waals surface area contributed by atoms with E-state index < -0.39 is 6.04 Å². The van der Waals surface area contributed by atoms with Crippen molar-refractivity contribution in [1.82, 2.24) is 20.1 Å². The first kappa shape index (κ1) is 28.4. The average molecular weight is 552 g/mol. The molecular weight excluding hydrogens is 510 g/mol. The van der Waals surface area contributed by atoms with Gasteiger partial charge < -0.3 is 25.4 Å². The quantitative estimate of drug-likeness (QED) is 0.243. The Morgan fingerprint density at radius 2 is 1.68 bits per heavy atom. The lowest BCUT2D eigenvalue weighted by Crippen LogP contribution is -2.53. The maximum atomic E-state index is 14.0. The van der Waals surface area contributed by atoms with E-state index in [4.69, 9.17) is 0 Å². The topological polar surface area (TPSA) is 80.5 Å². The zero-order valence-electron chi connectivity index (χ0n) is 24.5. The summed E-state index contributed by atoms with van der Waals surface area (Å²) in [6.07, 6.45) is 3.77.